The molecule has 0 bridgehead atoms. The number of halogens is 2. The van der Waals surface area contributed by atoms with Gasteiger partial charge in [-0.2, -0.15) is 0 Å². The topological polar surface area (TPSA) is 169 Å². The second-order valence-electron chi connectivity index (χ2n) is 9.73. The number of nitrogen functional groups attached to an aromatic ring is 1. The van der Waals surface area contributed by atoms with Gasteiger partial charge >= 0.3 is 7.60 Å². The van der Waals surface area contributed by atoms with Gasteiger partial charge in [0.2, 0.25) is 0 Å². The number of ether oxygens (including phenoxy) is 1. The van der Waals surface area contributed by atoms with E-state index in [-0.39, 0.29) is 41.4 Å². The Morgan fingerprint density at radius 2 is 1.98 bits per heavy atom. The molecule has 1 unspecified atom stereocenters. The first-order valence-corrected chi connectivity index (χ1v) is 15.0. The maximum absolute atomic E-state index is 14.0. The summed E-state index contributed by atoms with van der Waals surface area (Å²) in [6.45, 7) is 4.04. The number of ketones is 2. The summed E-state index contributed by atoms with van der Waals surface area (Å²) in [6, 6.07) is 6.84. The minimum Gasteiger partial charge on any atom is -0.424 e. The number of aromatic nitrogens is 4. The number of rotatable bonds is 12. The smallest absolute Gasteiger partial charge is 0.380 e. The van der Waals surface area contributed by atoms with Crippen LogP contribution in [0.3, 0.4) is 0 Å². The third-order valence-corrected chi connectivity index (χ3v) is 9.44. The van der Waals surface area contributed by atoms with Gasteiger partial charge in [0.05, 0.1) is 19.1 Å². The maximum atomic E-state index is 14.0. The summed E-state index contributed by atoms with van der Waals surface area (Å²) in [6.07, 6.45) is -0.791. The predicted octanol–water partition coefficient (Wildman–Crippen LogP) is 3.88. The number of nitrogens with two attached hydrogens (primary N) is 1. The van der Waals surface area contributed by atoms with Crippen molar-refractivity contribution in [3.8, 4) is 5.75 Å². The van der Waals surface area contributed by atoms with E-state index in [2.05, 4.69) is 15.0 Å². The number of Topliss-reactive ketones (excluding diaryl/α,β-unsaturated/α-hetero) is 2. The quantitative estimate of drug-likeness (QED) is 0.224. The Bertz CT molecular complexity index is 1450. The van der Waals surface area contributed by atoms with Gasteiger partial charge in [-0.1, -0.05) is 48.3 Å². The van der Waals surface area contributed by atoms with Gasteiger partial charge in [0.1, 0.15) is 41.4 Å². The van der Waals surface area contributed by atoms with Gasteiger partial charge in [-0.3, -0.25) is 13.9 Å². The largest absolute Gasteiger partial charge is 0.424 e. The minimum absolute atomic E-state index is 0.00758. The highest BCUT2D eigenvalue weighted by Gasteiger charge is 2.56. The number of aryl methyl sites for hydroxylation is 1. The normalized spacial score (nSPS) is 22.6. The van der Waals surface area contributed by atoms with E-state index in [9.17, 15) is 19.3 Å². The van der Waals surface area contributed by atoms with Crippen molar-refractivity contribution < 1.29 is 33.0 Å². The van der Waals surface area contributed by atoms with Crippen molar-refractivity contribution in [3.63, 3.8) is 0 Å². The summed E-state index contributed by atoms with van der Waals surface area (Å²) < 4.78 is 31.2. The third kappa shape index (κ3) is 6.48. The van der Waals surface area contributed by atoms with Crippen LogP contribution in [0.4, 0.5) is 5.82 Å². The molecule has 40 heavy (non-hydrogen) atoms. The zero-order valence-corrected chi connectivity index (χ0v) is 24.5. The van der Waals surface area contributed by atoms with E-state index in [1.807, 2.05) is 0 Å². The number of carbonyl (C=O) groups is 2. The van der Waals surface area contributed by atoms with Crippen LogP contribution < -0.4 is 10.3 Å². The van der Waals surface area contributed by atoms with E-state index >= 15 is 0 Å². The van der Waals surface area contributed by atoms with Gasteiger partial charge < -0.3 is 24.9 Å². The van der Waals surface area contributed by atoms with Gasteiger partial charge in [-0.15, -0.1) is 0 Å². The van der Waals surface area contributed by atoms with Crippen LogP contribution in [0.1, 0.15) is 39.0 Å². The average Bonchev–Trinajstić information content (AvgIpc) is 3.41. The Hall–Kier alpha value is -2.60. The number of nitrogens with zero attached hydrogens (tertiary/aromatic N) is 4. The Labute approximate surface area is 240 Å². The molecule has 1 aliphatic heterocycles. The molecule has 3 aromatic rings. The fraction of sp³-hybridized carbons (Fsp3) is 0.480. The summed E-state index contributed by atoms with van der Waals surface area (Å²) in [5.74, 6) is -0.465. The Balaban J connectivity index is 1.57. The molecule has 3 heterocycles. The second-order valence-corrected chi connectivity index (χ2v) is 13.2. The van der Waals surface area contributed by atoms with Crippen molar-refractivity contribution in [3.05, 3.63) is 42.5 Å². The molecule has 1 aliphatic rings. The summed E-state index contributed by atoms with van der Waals surface area (Å²) in [5, 5.41) is 11.0. The first kappa shape index (κ1) is 30.4. The number of benzene rings is 1. The van der Waals surface area contributed by atoms with Crippen molar-refractivity contribution in [2.75, 3.05) is 18.5 Å². The highest BCUT2D eigenvalue weighted by Crippen LogP contribution is 2.53. The van der Waals surface area contributed by atoms with Crippen LogP contribution in [0.2, 0.25) is 0 Å². The number of carbonyl (C=O) groups excluding carboxylic acids is 2. The number of anilines is 1. The molecule has 216 valence electrons. The van der Waals surface area contributed by atoms with Gasteiger partial charge in [0.15, 0.2) is 22.0 Å². The van der Waals surface area contributed by atoms with E-state index in [1.54, 1.807) is 31.2 Å². The molecule has 3 N–H and O–H groups in total. The van der Waals surface area contributed by atoms with E-state index in [0.29, 0.717) is 17.5 Å². The van der Waals surface area contributed by atoms with Crippen LogP contribution >= 0.6 is 30.8 Å². The lowest BCUT2D eigenvalue weighted by molar-refractivity contribution is -0.120. The number of alkyl halides is 2. The molecule has 0 spiro atoms. The number of fused-ring (bicyclic) bond motifs is 1. The van der Waals surface area contributed by atoms with Crippen molar-refractivity contribution in [2.45, 2.75) is 56.4 Å². The monoisotopic (exact) mass is 613 g/mol. The first-order chi connectivity index (χ1) is 18.8. The molecule has 0 radical (unpaired) electrons. The minimum atomic E-state index is -4.01. The van der Waals surface area contributed by atoms with Crippen LogP contribution in [0.15, 0.2) is 36.9 Å². The van der Waals surface area contributed by atoms with Crippen molar-refractivity contribution in [2.24, 2.45) is 5.92 Å². The predicted molar refractivity (Wildman–Crippen MR) is 148 cm³/mol. The molecule has 0 saturated carbocycles. The number of aliphatic hydroxyl groups is 1. The molecule has 0 aliphatic carbocycles. The van der Waals surface area contributed by atoms with Crippen LogP contribution in [0.5, 0.6) is 5.75 Å². The fourth-order valence-corrected chi connectivity index (χ4v) is 6.78. The summed E-state index contributed by atoms with van der Waals surface area (Å²) in [5.41, 5.74) is 7.10. The number of para-hydroxylation sites is 1. The molecular formula is C25H30Cl2N5O7P. The second kappa shape index (κ2) is 12.1. The molecular weight excluding hydrogens is 584 g/mol. The molecule has 1 aromatic carbocycles. The highest BCUT2D eigenvalue weighted by atomic mass is 35.5. The van der Waals surface area contributed by atoms with Crippen molar-refractivity contribution in [1.29, 1.82) is 0 Å². The van der Waals surface area contributed by atoms with Crippen LogP contribution in [0, 0.1) is 5.92 Å². The molecule has 12 nitrogen and oxygen atoms in total. The molecule has 1 fully saturated rings. The first-order valence-electron chi connectivity index (χ1n) is 12.5. The van der Waals surface area contributed by atoms with Crippen LogP contribution in [-0.4, -0.2) is 65.5 Å². The van der Waals surface area contributed by atoms with Gasteiger partial charge in [0.25, 0.3) is 0 Å². The Kier molecular flexibility index (Phi) is 9.18. The van der Waals surface area contributed by atoms with E-state index in [0.717, 1.165) is 0 Å². The van der Waals surface area contributed by atoms with Gasteiger partial charge in [-0.25, -0.2) is 19.5 Å². The summed E-state index contributed by atoms with van der Waals surface area (Å²) in [4.78, 5) is 35.8. The standard InChI is InChI=1S/C25H30Cl2N5O7P/c1-14(16(3)34)11-40(36,39-18-7-5-4-6-17(18)9-8-15(2)33)37-10-19-21(35)25(26,27)24(38-19)32-13-31-20-22(28)29-12-30-23(20)32/h4-7,12-14,19,21,24,35H,8-11H2,1-3H3,(H2,28,29,30)/t14-,19-,21+,24-,40?/m1/s1. The number of hydrogen-bond donors (Lipinski definition) is 2. The Morgan fingerprint density at radius 1 is 1.25 bits per heavy atom. The van der Waals surface area contributed by atoms with E-state index in [1.165, 1.54) is 31.1 Å². The van der Waals surface area contributed by atoms with Gasteiger partial charge in [-0.05, 0) is 31.9 Å². The molecule has 0 amide bonds. The lowest BCUT2D eigenvalue weighted by Crippen LogP contribution is -2.38. The molecule has 1 saturated heterocycles. The van der Waals surface area contributed by atoms with Crippen molar-refractivity contribution in [1.82, 2.24) is 19.5 Å². The average molecular weight is 614 g/mol. The molecule has 2 aromatic heterocycles. The van der Waals surface area contributed by atoms with E-state index in [4.69, 9.17) is 42.7 Å². The molecule has 5 atom stereocenters. The Morgan fingerprint density at radius 3 is 2.67 bits per heavy atom. The fourth-order valence-electron chi connectivity index (χ4n) is 4.17. The SMILES string of the molecule is CC(=O)CCc1ccccc1OP(=O)(C[C@@H](C)C(C)=O)OC[C@H]1O[C@@H](n2cnc3c(N)ncnc32)C(Cl)(Cl)[C@H]1O. The lowest BCUT2D eigenvalue weighted by Gasteiger charge is -2.25. The number of hydrogen-bond acceptors (Lipinski definition) is 11. The molecule has 4 rings (SSSR count). The van der Waals surface area contributed by atoms with Crippen molar-refractivity contribution >= 4 is 59.3 Å². The summed E-state index contributed by atoms with van der Waals surface area (Å²) >= 11 is 13.1. The third-order valence-electron chi connectivity index (χ3n) is 6.60. The maximum Gasteiger partial charge on any atom is 0.380 e. The molecule has 15 heteroatoms. The van der Waals surface area contributed by atoms with E-state index < -0.39 is 42.9 Å². The zero-order chi connectivity index (χ0) is 29.2. The number of aliphatic hydroxyl groups excluding tert-OH is 1. The van der Waals surface area contributed by atoms with Crippen LogP contribution in [-0.2, 0) is 29.8 Å². The summed E-state index contributed by atoms with van der Waals surface area (Å²) in [7, 11) is -4.01. The lowest BCUT2D eigenvalue weighted by atomic mass is 10.1. The zero-order valence-electron chi connectivity index (χ0n) is 22.1. The number of imidazole rings is 1. The van der Waals surface area contributed by atoms with Crippen LogP contribution in [0.25, 0.3) is 11.2 Å². The highest BCUT2D eigenvalue weighted by molar-refractivity contribution is 7.54. The van der Waals surface area contributed by atoms with Gasteiger partial charge in [0, 0.05) is 12.3 Å².